The molecular formula is C19H24N6OSi. The summed E-state index contributed by atoms with van der Waals surface area (Å²) in [5, 5.41) is 21.2. The first-order valence-corrected chi connectivity index (χ1v) is 11.5. The molecule has 0 bridgehead atoms. The minimum Gasteiger partial charge on any atom is -0.413 e. The molecule has 0 aliphatic heterocycles. The number of nitrogen functional groups attached to an aromatic ring is 1. The number of nitrogens with two attached hydrogens (primary N) is 1. The van der Waals surface area contributed by atoms with Crippen molar-refractivity contribution in [3.63, 3.8) is 0 Å². The zero-order chi connectivity index (χ0) is 20.2. The Balaban J connectivity index is 2.11. The van der Waals surface area contributed by atoms with Crippen LogP contribution in [-0.2, 0) is 11.0 Å². The molecule has 1 aromatic carbocycles. The lowest BCUT2D eigenvalue weighted by molar-refractivity contribution is 0.276. The molecule has 0 saturated heterocycles. The van der Waals surface area contributed by atoms with Crippen LogP contribution in [0.25, 0.3) is 0 Å². The topological polar surface area (TPSA) is 121 Å². The third-order valence-electron chi connectivity index (χ3n) is 4.76. The predicted octanol–water partition coefficient (Wildman–Crippen LogP) is 4.07. The van der Waals surface area contributed by atoms with E-state index in [1.807, 2.05) is 36.4 Å². The smallest absolute Gasteiger partial charge is 0.192 e. The summed E-state index contributed by atoms with van der Waals surface area (Å²) in [6.45, 7) is 11.7. The summed E-state index contributed by atoms with van der Waals surface area (Å²) in [7, 11) is -1.80. The summed E-state index contributed by atoms with van der Waals surface area (Å²) in [4.78, 5) is 7.98. The van der Waals surface area contributed by atoms with E-state index in [2.05, 4.69) is 49.1 Å². The van der Waals surface area contributed by atoms with Gasteiger partial charge in [-0.3, -0.25) is 0 Å². The van der Waals surface area contributed by atoms with Crippen molar-refractivity contribution in [1.29, 1.82) is 10.5 Å². The molecule has 0 aliphatic rings. The predicted molar refractivity (Wildman–Crippen MR) is 108 cm³/mol. The van der Waals surface area contributed by atoms with Gasteiger partial charge in [0.05, 0.1) is 6.61 Å². The van der Waals surface area contributed by atoms with Crippen molar-refractivity contribution >= 4 is 25.6 Å². The average molecular weight is 381 g/mol. The highest BCUT2D eigenvalue weighted by Crippen LogP contribution is 2.37. The molecule has 7 nitrogen and oxygen atoms in total. The van der Waals surface area contributed by atoms with Gasteiger partial charge in [0.2, 0.25) is 0 Å². The number of anilines is 3. The molecule has 3 N–H and O–H groups in total. The Kier molecular flexibility index (Phi) is 5.84. The molecule has 2 aromatic rings. The third kappa shape index (κ3) is 4.82. The zero-order valence-electron chi connectivity index (χ0n) is 16.3. The molecule has 0 aliphatic carbocycles. The van der Waals surface area contributed by atoms with Crippen LogP contribution < -0.4 is 11.1 Å². The maximum Gasteiger partial charge on any atom is 0.192 e. The zero-order valence-corrected chi connectivity index (χ0v) is 17.3. The first kappa shape index (κ1) is 20.4. The van der Waals surface area contributed by atoms with Crippen molar-refractivity contribution < 1.29 is 4.43 Å². The fourth-order valence-electron chi connectivity index (χ4n) is 2.00. The number of benzene rings is 1. The number of aromatic nitrogens is 2. The van der Waals surface area contributed by atoms with Gasteiger partial charge in [-0.25, -0.2) is 9.97 Å². The summed E-state index contributed by atoms with van der Waals surface area (Å²) >= 11 is 0. The summed E-state index contributed by atoms with van der Waals surface area (Å²) in [6, 6.07) is 11.4. The van der Waals surface area contributed by atoms with Gasteiger partial charge in [-0.1, -0.05) is 32.9 Å². The van der Waals surface area contributed by atoms with Crippen LogP contribution in [0.4, 0.5) is 17.3 Å². The number of hydrogen-bond acceptors (Lipinski definition) is 7. The van der Waals surface area contributed by atoms with Crippen LogP contribution in [0.3, 0.4) is 0 Å². The summed E-state index contributed by atoms with van der Waals surface area (Å²) in [5.41, 5.74) is 7.50. The van der Waals surface area contributed by atoms with Gasteiger partial charge in [-0.05, 0) is 35.8 Å². The maximum absolute atomic E-state index is 9.07. The van der Waals surface area contributed by atoms with Gasteiger partial charge >= 0.3 is 0 Å². The summed E-state index contributed by atoms with van der Waals surface area (Å²) in [5.74, 6) is 0.312. The molecule has 140 valence electrons. The fraction of sp³-hybridized carbons (Fsp3) is 0.368. The molecule has 0 atom stereocenters. The Labute approximate surface area is 161 Å². The van der Waals surface area contributed by atoms with Crippen molar-refractivity contribution in [2.24, 2.45) is 0 Å². The average Bonchev–Trinajstić information content (AvgIpc) is 2.61. The van der Waals surface area contributed by atoms with Crippen molar-refractivity contribution in [2.45, 2.75) is 45.5 Å². The quantitative estimate of drug-likeness (QED) is 0.750. The number of nitriles is 2. The van der Waals surface area contributed by atoms with Gasteiger partial charge in [0.25, 0.3) is 0 Å². The minimum absolute atomic E-state index is 0.0615. The molecule has 1 heterocycles. The highest BCUT2D eigenvalue weighted by molar-refractivity contribution is 6.74. The van der Waals surface area contributed by atoms with Crippen LogP contribution in [0, 0.1) is 22.7 Å². The molecule has 27 heavy (non-hydrogen) atoms. The second kappa shape index (κ2) is 7.75. The molecule has 0 radical (unpaired) electrons. The van der Waals surface area contributed by atoms with E-state index >= 15 is 0 Å². The molecule has 1 aromatic heterocycles. The molecule has 0 saturated carbocycles. The lowest BCUT2D eigenvalue weighted by Crippen LogP contribution is -2.40. The molecule has 0 spiro atoms. The second-order valence-electron chi connectivity index (χ2n) is 7.75. The number of nitrogens with zero attached hydrogens (tertiary/aromatic N) is 4. The Morgan fingerprint density at radius 3 is 2.15 bits per heavy atom. The van der Waals surface area contributed by atoms with Gasteiger partial charge in [0, 0.05) is 5.69 Å². The first-order valence-electron chi connectivity index (χ1n) is 8.55. The fourth-order valence-corrected chi connectivity index (χ4v) is 2.96. The molecule has 0 amide bonds. The standard InChI is InChI=1S/C19H24N6OSi/c1-19(2,3)27(4,5)26-12-13-6-8-14(9-7-13)23-18-17(22)24-15(10-20)16(11-21)25-18/h6-9H,12H2,1-5H3,(H2,22,24)(H,23,25). The largest absolute Gasteiger partial charge is 0.413 e. The Morgan fingerprint density at radius 2 is 1.63 bits per heavy atom. The summed E-state index contributed by atoms with van der Waals surface area (Å²) < 4.78 is 6.22. The Hall–Kier alpha value is -2.94. The van der Waals surface area contributed by atoms with E-state index < -0.39 is 8.32 Å². The van der Waals surface area contributed by atoms with Crippen LogP contribution in [-0.4, -0.2) is 18.3 Å². The number of hydrogen-bond donors (Lipinski definition) is 2. The van der Waals surface area contributed by atoms with Gasteiger partial charge < -0.3 is 15.5 Å². The van der Waals surface area contributed by atoms with Crippen molar-refractivity contribution in [3.05, 3.63) is 41.2 Å². The first-order chi connectivity index (χ1) is 12.6. The van der Waals surface area contributed by atoms with E-state index in [4.69, 9.17) is 20.7 Å². The lowest BCUT2D eigenvalue weighted by Gasteiger charge is -2.36. The lowest BCUT2D eigenvalue weighted by atomic mass is 10.2. The Bertz CT molecular complexity index is 904. The van der Waals surface area contributed by atoms with Crippen LogP contribution in [0.15, 0.2) is 24.3 Å². The molecule has 2 rings (SSSR count). The van der Waals surface area contributed by atoms with Crippen molar-refractivity contribution in [2.75, 3.05) is 11.1 Å². The van der Waals surface area contributed by atoms with Gasteiger partial charge in [0.1, 0.15) is 12.1 Å². The monoisotopic (exact) mass is 380 g/mol. The number of rotatable bonds is 5. The van der Waals surface area contributed by atoms with Gasteiger partial charge in [-0.15, -0.1) is 0 Å². The van der Waals surface area contributed by atoms with E-state index in [0.717, 1.165) is 11.3 Å². The van der Waals surface area contributed by atoms with Crippen molar-refractivity contribution in [3.8, 4) is 12.1 Å². The van der Waals surface area contributed by atoms with Crippen LogP contribution >= 0.6 is 0 Å². The van der Waals surface area contributed by atoms with Gasteiger partial charge in [-0.2, -0.15) is 10.5 Å². The van der Waals surface area contributed by atoms with Crippen LogP contribution in [0.5, 0.6) is 0 Å². The van der Waals surface area contributed by atoms with Crippen LogP contribution in [0.1, 0.15) is 37.7 Å². The van der Waals surface area contributed by atoms with E-state index in [1.165, 1.54) is 0 Å². The molecular weight excluding hydrogens is 356 g/mol. The highest BCUT2D eigenvalue weighted by Gasteiger charge is 2.36. The van der Waals surface area contributed by atoms with Crippen LogP contribution in [0.2, 0.25) is 18.1 Å². The normalized spacial score (nSPS) is 11.5. The van der Waals surface area contributed by atoms with E-state index in [9.17, 15) is 0 Å². The molecule has 0 fully saturated rings. The minimum atomic E-state index is -1.80. The van der Waals surface area contributed by atoms with E-state index in [1.54, 1.807) is 0 Å². The molecule has 8 heteroatoms. The highest BCUT2D eigenvalue weighted by atomic mass is 28.4. The van der Waals surface area contributed by atoms with Crippen molar-refractivity contribution in [1.82, 2.24) is 9.97 Å². The van der Waals surface area contributed by atoms with Gasteiger partial charge in [0.15, 0.2) is 31.3 Å². The molecule has 0 unspecified atom stereocenters. The number of nitrogens with one attached hydrogen (secondary N) is 1. The second-order valence-corrected chi connectivity index (χ2v) is 12.6. The Morgan fingerprint density at radius 1 is 1.07 bits per heavy atom. The summed E-state index contributed by atoms with van der Waals surface area (Å²) in [6.07, 6.45) is 0. The van der Waals surface area contributed by atoms with E-state index in [0.29, 0.717) is 6.61 Å². The maximum atomic E-state index is 9.07. The third-order valence-corrected chi connectivity index (χ3v) is 9.24. The van der Waals surface area contributed by atoms with E-state index in [-0.39, 0.29) is 28.1 Å². The SMILES string of the molecule is CC(C)(C)[Si](C)(C)OCc1ccc(Nc2nc(C#N)c(C#N)nc2N)cc1.